The van der Waals surface area contributed by atoms with Crippen LogP contribution in [0.25, 0.3) is 22.6 Å². The summed E-state index contributed by atoms with van der Waals surface area (Å²) < 4.78 is 11.7. The summed E-state index contributed by atoms with van der Waals surface area (Å²) in [6.07, 6.45) is 3.26. The number of imidazole rings is 1. The Morgan fingerprint density at radius 1 is 1.32 bits per heavy atom. The second-order valence-electron chi connectivity index (χ2n) is 6.23. The molecular weight excluding hydrogens is 376 g/mol. The number of hydrogen-bond donors (Lipinski definition) is 2. The Hall–Kier alpha value is -3.04. The molecule has 144 valence electrons. The average molecular weight is 396 g/mol. The van der Waals surface area contributed by atoms with Gasteiger partial charge >= 0.3 is 0 Å². The van der Waals surface area contributed by atoms with Gasteiger partial charge in [-0.15, -0.1) is 0 Å². The number of aryl methyl sites for hydroxylation is 2. The summed E-state index contributed by atoms with van der Waals surface area (Å²) >= 11 is 1.11. The summed E-state index contributed by atoms with van der Waals surface area (Å²) in [4.78, 5) is 21.6. The molecule has 3 N–H and O–H groups in total. The maximum absolute atomic E-state index is 12.6. The quantitative estimate of drug-likeness (QED) is 0.496. The van der Waals surface area contributed by atoms with Crippen LogP contribution in [-0.2, 0) is 13.0 Å². The van der Waals surface area contributed by atoms with Gasteiger partial charge in [-0.3, -0.25) is 10.1 Å². The van der Waals surface area contributed by atoms with Crippen LogP contribution in [0.2, 0.25) is 0 Å². The number of benzene rings is 1. The first kappa shape index (κ1) is 18.3. The first-order valence-corrected chi connectivity index (χ1v) is 9.85. The van der Waals surface area contributed by atoms with E-state index in [9.17, 15) is 4.79 Å². The molecular formula is C19H20N6O2S. The van der Waals surface area contributed by atoms with Crippen LogP contribution >= 0.6 is 11.5 Å². The molecule has 0 aliphatic carbocycles. The van der Waals surface area contributed by atoms with Gasteiger partial charge in [-0.2, -0.15) is 9.36 Å². The average Bonchev–Trinajstić information content (AvgIpc) is 3.44. The molecule has 0 saturated heterocycles. The van der Waals surface area contributed by atoms with Gasteiger partial charge in [-0.25, -0.2) is 4.98 Å². The third kappa shape index (κ3) is 3.54. The lowest BCUT2D eigenvalue weighted by atomic mass is 10.2. The monoisotopic (exact) mass is 396 g/mol. The van der Waals surface area contributed by atoms with Crippen LogP contribution in [0.15, 0.2) is 41.0 Å². The first-order valence-electron chi connectivity index (χ1n) is 9.07. The lowest BCUT2D eigenvalue weighted by Crippen LogP contribution is -2.11. The van der Waals surface area contributed by atoms with Crippen molar-refractivity contribution >= 4 is 33.6 Å². The van der Waals surface area contributed by atoms with Crippen molar-refractivity contribution in [2.24, 2.45) is 5.73 Å². The molecule has 3 aromatic heterocycles. The molecule has 0 radical (unpaired) electrons. The van der Waals surface area contributed by atoms with E-state index in [-0.39, 0.29) is 5.91 Å². The van der Waals surface area contributed by atoms with Crippen LogP contribution < -0.4 is 11.1 Å². The number of nitrogens with one attached hydrogen (secondary N) is 1. The smallest absolute Gasteiger partial charge is 0.257 e. The Balaban J connectivity index is 1.56. The van der Waals surface area contributed by atoms with E-state index in [1.165, 1.54) is 0 Å². The molecule has 0 fully saturated rings. The fourth-order valence-corrected chi connectivity index (χ4v) is 3.61. The van der Waals surface area contributed by atoms with Gasteiger partial charge in [-0.05, 0) is 43.3 Å². The number of fused-ring (bicyclic) bond motifs is 1. The Bertz CT molecular complexity index is 1100. The molecule has 0 unspecified atom stereocenters. The summed E-state index contributed by atoms with van der Waals surface area (Å²) in [5.41, 5.74) is 7.98. The Kier molecular flexibility index (Phi) is 5.18. The molecule has 3 heterocycles. The molecule has 0 saturated carbocycles. The zero-order valence-corrected chi connectivity index (χ0v) is 16.2. The molecule has 0 aliphatic rings. The van der Waals surface area contributed by atoms with Crippen molar-refractivity contribution in [3.05, 3.63) is 48.0 Å². The number of rotatable bonds is 7. The van der Waals surface area contributed by atoms with Crippen LogP contribution in [0.4, 0.5) is 5.13 Å². The summed E-state index contributed by atoms with van der Waals surface area (Å²) in [5, 5.41) is 3.20. The molecule has 28 heavy (non-hydrogen) atoms. The number of amides is 1. The summed E-state index contributed by atoms with van der Waals surface area (Å²) in [6, 6.07) is 9.07. The molecule has 0 aliphatic heterocycles. The lowest BCUT2D eigenvalue weighted by molar-refractivity contribution is 0.102. The van der Waals surface area contributed by atoms with Gasteiger partial charge in [0.2, 0.25) is 11.0 Å². The highest BCUT2D eigenvalue weighted by Gasteiger charge is 2.15. The molecule has 8 nitrogen and oxygen atoms in total. The van der Waals surface area contributed by atoms with Crippen molar-refractivity contribution in [2.75, 3.05) is 11.9 Å². The Morgan fingerprint density at radius 3 is 2.96 bits per heavy atom. The fraction of sp³-hybridized carbons (Fsp3) is 0.263. The predicted octanol–water partition coefficient (Wildman–Crippen LogP) is 3.31. The number of aromatic nitrogens is 4. The SMILES string of the molecule is CCc1nc2cc(C(=O)Nc3nc(-c4ccco4)ns3)ccc2n1CCCN. The molecule has 4 aromatic rings. The zero-order valence-electron chi connectivity index (χ0n) is 15.4. The molecule has 0 atom stereocenters. The van der Waals surface area contributed by atoms with Gasteiger partial charge in [-0.1, -0.05) is 6.92 Å². The number of carbonyl (C=O) groups is 1. The molecule has 4 rings (SSSR count). The second-order valence-corrected chi connectivity index (χ2v) is 6.99. The number of anilines is 1. The second kappa shape index (κ2) is 7.91. The number of carbonyl (C=O) groups excluding carboxylic acids is 1. The van der Waals surface area contributed by atoms with E-state index >= 15 is 0 Å². The third-order valence-electron chi connectivity index (χ3n) is 4.38. The van der Waals surface area contributed by atoms with Gasteiger partial charge in [0, 0.05) is 30.1 Å². The minimum absolute atomic E-state index is 0.251. The van der Waals surface area contributed by atoms with Gasteiger partial charge in [0.05, 0.1) is 17.3 Å². The van der Waals surface area contributed by atoms with Gasteiger partial charge < -0.3 is 14.7 Å². The van der Waals surface area contributed by atoms with E-state index in [0.29, 0.717) is 28.8 Å². The molecule has 0 spiro atoms. The van der Waals surface area contributed by atoms with Crippen molar-refractivity contribution in [3.63, 3.8) is 0 Å². The van der Waals surface area contributed by atoms with Crippen LogP contribution in [0, 0.1) is 0 Å². The van der Waals surface area contributed by atoms with Gasteiger partial charge in [0.25, 0.3) is 5.91 Å². The minimum atomic E-state index is -0.251. The number of hydrogen-bond acceptors (Lipinski definition) is 7. The van der Waals surface area contributed by atoms with Gasteiger partial charge in [0.15, 0.2) is 5.76 Å². The molecule has 1 amide bonds. The van der Waals surface area contributed by atoms with Crippen molar-refractivity contribution in [1.29, 1.82) is 0 Å². The van der Waals surface area contributed by atoms with E-state index in [2.05, 4.69) is 31.1 Å². The third-order valence-corrected chi connectivity index (χ3v) is 5.01. The van der Waals surface area contributed by atoms with Crippen LogP contribution in [-0.4, -0.2) is 31.4 Å². The van der Waals surface area contributed by atoms with E-state index in [0.717, 1.165) is 47.8 Å². The van der Waals surface area contributed by atoms with E-state index in [4.69, 9.17) is 10.2 Å². The number of nitrogens with zero attached hydrogens (tertiary/aromatic N) is 4. The highest BCUT2D eigenvalue weighted by molar-refractivity contribution is 7.10. The minimum Gasteiger partial charge on any atom is -0.461 e. The highest BCUT2D eigenvalue weighted by Crippen LogP contribution is 2.23. The summed E-state index contributed by atoms with van der Waals surface area (Å²) in [6.45, 7) is 3.52. The summed E-state index contributed by atoms with van der Waals surface area (Å²) in [5.74, 6) is 1.76. The topological polar surface area (TPSA) is 112 Å². The van der Waals surface area contributed by atoms with Crippen LogP contribution in [0.5, 0.6) is 0 Å². The molecule has 0 bridgehead atoms. The number of furan rings is 1. The van der Waals surface area contributed by atoms with E-state index in [1.54, 1.807) is 30.5 Å². The zero-order chi connectivity index (χ0) is 19.5. The highest BCUT2D eigenvalue weighted by atomic mass is 32.1. The Labute approximate surface area is 165 Å². The molecule has 9 heteroatoms. The van der Waals surface area contributed by atoms with Crippen LogP contribution in [0.1, 0.15) is 29.5 Å². The normalized spacial score (nSPS) is 11.2. The van der Waals surface area contributed by atoms with Crippen molar-refractivity contribution in [3.8, 4) is 11.6 Å². The Morgan fingerprint density at radius 2 is 2.21 bits per heavy atom. The van der Waals surface area contributed by atoms with E-state index in [1.807, 2.05) is 6.07 Å². The maximum atomic E-state index is 12.6. The first-order chi connectivity index (χ1) is 13.7. The van der Waals surface area contributed by atoms with Crippen molar-refractivity contribution in [1.82, 2.24) is 18.9 Å². The fourth-order valence-electron chi connectivity index (χ4n) is 3.04. The molecule has 1 aromatic carbocycles. The van der Waals surface area contributed by atoms with Gasteiger partial charge in [0.1, 0.15) is 5.82 Å². The van der Waals surface area contributed by atoms with Crippen LogP contribution in [0.3, 0.4) is 0 Å². The van der Waals surface area contributed by atoms with Crippen molar-refractivity contribution in [2.45, 2.75) is 26.3 Å². The predicted molar refractivity (Wildman–Crippen MR) is 108 cm³/mol. The summed E-state index contributed by atoms with van der Waals surface area (Å²) in [7, 11) is 0. The van der Waals surface area contributed by atoms with E-state index < -0.39 is 0 Å². The lowest BCUT2D eigenvalue weighted by Gasteiger charge is -2.07. The standard InChI is InChI=1S/C19H20N6O2S/c1-2-16-21-13-11-12(6-7-14(13)25(16)9-4-8-20)18(26)23-19-22-17(24-28-19)15-5-3-10-27-15/h3,5-7,10-11H,2,4,8-9,20H2,1H3,(H,22,23,24,26). The maximum Gasteiger partial charge on any atom is 0.257 e. The largest absolute Gasteiger partial charge is 0.461 e. The van der Waals surface area contributed by atoms with Crippen molar-refractivity contribution < 1.29 is 9.21 Å². The number of nitrogens with two attached hydrogens (primary N) is 1.